The van der Waals surface area contributed by atoms with Crippen LogP contribution in [-0.2, 0) is 0 Å². The van der Waals surface area contributed by atoms with E-state index in [0.29, 0.717) is 17.3 Å². The summed E-state index contributed by atoms with van der Waals surface area (Å²) >= 11 is 0. The molecule has 0 unspecified atom stereocenters. The van der Waals surface area contributed by atoms with Gasteiger partial charge in [0.1, 0.15) is 0 Å². The van der Waals surface area contributed by atoms with Gasteiger partial charge >= 0.3 is 0 Å². The third kappa shape index (κ3) is 3.96. The molecular weight excluding hydrogens is 380 g/mol. The van der Waals surface area contributed by atoms with Gasteiger partial charge in [-0.25, -0.2) is 0 Å². The van der Waals surface area contributed by atoms with E-state index in [1.165, 1.54) is 50.5 Å². The fourth-order valence-corrected chi connectivity index (χ4v) is 9.42. The van der Waals surface area contributed by atoms with Gasteiger partial charge in [0, 0.05) is 0 Å². The molecule has 31 heavy (non-hydrogen) atoms. The SMILES string of the molecule is CC[C@H](CC[C@@H](C)[C@H]1CC[C@H]2[C@@H]3C[C@H](O)C4=C[C@@H](O)CC[C@]4(C)[C@H]3CC[C@]12C)C(C)C. The third-order valence-electron chi connectivity index (χ3n) is 11.3. The van der Waals surface area contributed by atoms with Crippen LogP contribution in [0.3, 0.4) is 0 Å². The van der Waals surface area contributed by atoms with Crippen LogP contribution in [0.4, 0.5) is 0 Å². The number of aliphatic hydroxyl groups is 2. The molecule has 0 spiro atoms. The molecule has 10 atom stereocenters. The normalized spacial score (nSPS) is 46.7. The highest BCUT2D eigenvalue weighted by molar-refractivity contribution is 5.29. The summed E-state index contributed by atoms with van der Waals surface area (Å²) in [5, 5.41) is 21.4. The Balaban J connectivity index is 1.50. The molecule has 4 aliphatic carbocycles. The highest BCUT2D eigenvalue weighted by atomic mass is 16.3. The largest absolute Gasteiger partial charge is 0.389 e. The van der Waals surface area contributed by atoms with Crippen molar-refractivity contribution in [1.29, 1.82) is 0 Å². The van der Waals surface area contributed by atoms with Gasteiger partial charge in [0.25, 0.3) is 0 Å². The molecular formula is C29H50O2. The molecule has 0 aliphatic heterocycles. The van der Waals surface area contributed by atoms with E-state index in [-0.39, 0.29) is 17.6 Å². The van der Waals surface area contributed by atoms with E-state index in [0.717, 1.165) is 48.9 Å². The van der Waals surface area contributed by atoms with Crippen molar-refractivity contribution in [2.45, 2.75) is 118 Å². The quantitative estimate of drug-likeness (QED) is 0.446. The summed E-state index contributed by atoms with van der Waals surface area (Å²) in [6, 6.07) is 0. The lowest BCUT2D eigenvalue weighted by atomic mass is 9.46. The topological polar surface area (TPSA) is 40.5 Å². The zero-order valence-electron chi connectivity index (χ0n) is 21.2. The minimum Gasteiger partial charge on any atom is -0.389 e. The Hall–Kier alpha value is -0.340. The smallest absolute Gasteiger partial charge is 0.0759 e. The first-order valence-electron chi connectivity index (χ1n) is 13.7. The van der Waals surface area contributed by atoms with Crippen LogP contribution in [0, 0.1) is 52.3 Å². The first kappa shape index (κ1) is 23.8. The van der Waals surface area contributed by atoms with Crippen molar-refractivity contribution in [3.63, 3.8) is 0 Å². The molecule has 0 aromatic carbocycles. The van der Waals surface area contributed by atoms with Crippen LogP contribution < -0.4 is 0 Å². The molecule has 0 aromatic heterocycles. The molecule has 2 N–H and O–H groups in total. The van der Waals surface area contributed by atoms with Gasteiger partial charge in [-0.1, -0.05) is 60.5 Å². The van der Waals surface area contributed by atoms with Gasteiger partial charge in [0.15, 0.2) is 0 Å². The van der Waals surface area contributed by atoms with Gasteiger partial charge in [-0.3, -0.25) is 0 Å². The fraction of sp³-hybridized carbons (Fsp3) is 0.931. The fourth-order valence-electron chi connectivity index (χ4n) is 9.42. The molecule has 0 aromatic rings. The number of fused-ring (bicyclic) bond motifs is 5. The molecule has 2 heteroatoms. The summed E-state index contributed by atoms with van der Waals surface area (Å²) in [7, 11) is 0. The summed E-state index contributed by atoms with van der Waals surface area (Å²) < 4.78 is 0. The molecule has 2 nitrogen and oxygen atoms in total. The summed E-state index contributed by atoms with van der Waals surface area (Å²) in [4.78, 5) is 0. The second-order valence-electron chi connectivity index (χ2n) is 13.0. The van der Waals surface area contributed by atoms with Crippen LogP contribution in [0.25, 0.3) is 0 Å². The van der Waals surface area contributed by atoms with Gasteiger partial charge in [-0.2, -0.15) is 0 Å². The molecule has 0 bridgehead atoms. The van der Waals surface area contributed by atoms with Crippen molar-refractivity contribution in [3.8, 4) is 0 Å². The van der Waals surface area contributed by atoms with Gasteiger partial charge in [-0.15, -0.1) is 0 Å². The Morgan fingerprint density at radius 2 is 1.71 bits per heavy atom. The number of aliphatic hydroxyl groups excluding tert-OH is 2. The van der Waals surface area contributed by atoms with Crippen LogP contribution in [0.1, 0.15) is 106 Å². The van der Waals surface area contributed by atoms with E-state index >= 15 is 0 Å². The molecule has 178 valence electrons. The molecule has 0 radical (unpaired) electrons. The molecule has 3 fully saturated rings. The van der Waals surface area contributed by atoms with Crippen LogP contribution in [0.2, 0.25) is 0 Å². The molecule has 4 aliphatic rings. The summed E-state index contributed by atoms with van der Waals surface area (Å²) in [5.41, 5.74) is 1.75. The summed E-state index contributed by atoms with van der Waals surface area (Å²) in [5.74, 6) is 5.52. The maximum absolute atomic E-state index is 11.2. The predicted molar refractivity (Wildman–Crippen MR) is 130 cm³/mol. The zero-order chi connectivity index (χ0) is 22.6. The second-order valence-corrected chi connectivity index (χ2v) is 13.0. The lowest BCUT2D eigenvalue weighted by molar-refractivity contribution is -0.0875. The first-order chi connectivity index (χ1) is 14.6. The summed E-state index contributed by atoms with van der Waals surface area (Å²) in [6.45, 7) is 14.8. The van der Waals surface area contributed by atoms with E-state index in [1.54, 1.807) is 0 Å². The summed E-state index contributed by atoms with van der Waals surface area (Å²) in [6.07, 6.45) is 13.8. The second kappa shape index (κ2) is 8.79. The standard InChI is InChI=1S/C29H50O2/c1-7-20(18(2)3)9-8-19(4)23-10-11-24-22-17-27(31)26-16-21(30)12-14-29(26,6)25(22)13-15-28(23,24)5/h16,18-25,27,30-31H,7-15,17H2,1-6H3/t19-,20-,21+,22+,23-,24+,25+,27+,28-,29-/m1/s1. The van der Waals surface area contributed by atoms with Crippen molar-refractivity contribution in [1.82, 2.24) is 0 Å². The molecule has 0 amide bonds. The van der Waals surface area contributed by atoms with Crippen LogP contribution in [-0.4, -0.2) is 22.4 Å². The minimum atomic E-state index is -0.349. The average Bonchev–Trinajstić information content (AvgIpc) is 3.07. The molecule has 0 saturated heterocycles. The van der Waals surface area contributed by atoms with E-state index in [9.17, 15) is 10.2 Å². The van der Waals surface area contributed by atoms with Crippen molar-refractivity contribution in [2.24, 2.45) is 52.3 Å². The number of hydrogen-bond acceptors (Lipinski definition) is 2. The van der Waals surface area contributed by atoms with E-state index < -0.39 is 0 Å². The van der Waals surface area contributed by atoms with Crippen LogP contribution in [0.5, 0.6) is 0 Å². The lowest BCUT2D eigenvalue weighted by Gasteiger charge is -2.60. The van der Waals surface area contributed by atoms with Crippen LogP contribution >= 0.6 is 0 Å². The Kier molecular flexibility index (Phi) is 6.75. The van der Waals surface area contributed by atoms with E-state index in [2.05, 4.69) is 41.5 Å². The highest BCUT2D eigenvalue weighted by Gasteiger charge is 2.60. The molecule has 3 saturated carbocycles. The van der Waals surface area contributed by atoms with Crippen molar-refractivity contribution in [3.05, 3.63) is 11.6 Å². The minimum absolute atomic E-state index is 0.109. The van der Waals surface area contributed by atoms with Crippen molar-refractivity contribution in [2.75, 3.05) is 0 Å². The average molecular weight is 431 g/mol. The van der Waals surface area contributed by atoms with Gasteiger partial charge in [0.05, 0.1) is 12.2 Å². The Morgan fingerprint density at radius 3 is 2.39 bits per heavy atom. The highest BCUT2D eigenvalue weighted by Crippen LogP contribution is 2.67. The van der Waals surface area contributed by atoms with Crippen LogP contribution in [0.15, 0.2) is 11.6 Å². The lowest BCUT2D eigenvalue weighted by Crippen LogP contribution is -2.54. The van der Waals surface area contributed by atoms with Gasteiger partial charge < -0.3 is 10.2 Å². The number of hydrogen-bond donors (Lipinski definition) is 2. The maximum Gasteiger partial charge on any atom is 0.0759 e. The predicted octanol–water partition coefficient (Wildman–Crippen LogP) is 7.00. The maximum atomic E-state index is 11.2. The first-order valence-corrected chi connectivity index (χ1v) is 13.7. The molecule has 0 heterocycles. The van der Waals surface area contributed by atoms with Crippen molar-refractivity contribution < 1.29 is 10.2 Å². The molecule has 4 rings (SSSR count). The Bertz CT molecular complexity index is 668. The van der Waals surface area contributed by atoms with Crippen molar-refractivity contribution >= 4 is 0 Å². The monoisotopic (exact) mass is 430 g/mol. The van der Waals surface area contributed by atoms with Gasteiger partial charge in [0.2, 0.25) is 0 Å². The third-order valence-corrected chi connectivity index (χ3v) is 11.3. The van der Waals surface area contributed by atoms with E-state index in [1.807, 2.05) is 6.08 Å². The Morgan fingerprint density at radius 1 is 0.968 bits per heavy atom. The van der Waals surface area contributed by atoms with E-state index in [4.69, 9.17) is 0 Å². The Labute approximate surface area is 192 Å². The zero-order valence-corrected chi connectivity index (χ0v) is 21.2. The van der Waals surface area contributed by atoms with Gasteiger partial charge in [-0.05, 0) is 109 Å². The number of rotatable bonds is 6.